The predicted octanol–water partition coefficient (Wildman–Crippen LogP) is 0.130. The maximum atomic E-state index is 10.9. The average molecular weight is 169 g/mol. The van der Waals surface area contributed by atoms with Crippen LogP contribution in [0.4, 0.5) is 0 Å². The van der Waals surface area contributed by atoms with Crippen molar-refractivity contribution in [1.82, 2.24) is 5.32 Å². The smallest absolute Gasteiger partial charge is 0.306 e. The summed E-state index contributed by atoms with van der Waals surface area (Å²) >= 11 is 0. The third-order valence-corrected chi connectivity index (χ3v) is 2.86. The molecule has 0 aromatic rings. The summed E-state index contributed by atoms with van der Waals surface area (Å²) in [5, 5.41) is 11.5. The largest absolute Gasteiger partial charge is 0.481 e. The van der Waals surface area contributed by atoms with Crippen LogP contribution in [0.25, 0.3) is 0 Å². The van der Waals surface area contributed by atoms with Gasteiger partial charge in [0.05, 0.1) is 5.92 Å². The molecule has 0 radical (unpaired) electrons. The molecule has 4 nitrogen and oxygen atoms in total. The molecular weight excluding hydrogens is 158 g/mol. The Hall–Kier alpha value is -1.06. The zero-order valence-corrected chi connectivity index (χ0v) is 6.67. The number of amides is 1. The Balaban J connectivity index is 1.95. The molecule has 1 aliphatic carbocycles. The Morgan fingerprint density at radius 1 is 1.58 bits per heavy atom. The van der Waals surface area contributed by atoms with Crippen molar-refractivity contribution in [2.24, 2.45) is 5.92 Å². The Bertz CT molecular complexity index is 243. The van der Waals surface area contributed by atoms with Gasteiger partial charge in [-0.05, 0) is 19.3 Å². The first-order chi connectivity index (χ1) is 5.61. The molecule has 66 valence electrons. The highest BCUT2D eigenvalue weighted by atomic mass is 16.4. The van der Waals surface area contributed by atoms with E-state index in [1.54, 1.807) is 0 Å². The van der Waals surface area contributed by atoms with Gasteiger partial charge in [-0.2, -0.15) is 0 Å². The van der Waals surface area contributed by atoms with Crippen molar-refractivity contribution in [3.8, 4) is 0 Å². The van der Waals surface area contributed by atoms with Gasteiger partial charge in [-0.1, -0.05) is 0 Å². The van der Waals surface area contributed by atoms with Crippen LogP contribution in [-0.4, -0.2) is 22.5 Å². The van der Waals surface area contributed by atoms with Gasteiger partial charge in [0.15, 0.2) is 0 Å². The van der Waals surface area contributed by atoms with Crippen LogP contribution in [0.2, 0.25) is 0 Å². The number of carbonyl (C=O) groups is 2. The predicted molar refractivity (Wildman–Crippen MR) is 40.5 cm³/mol. The van der Waals surface area contributed by atoms with Crippen molar-refractivity contribution in [2.45, 2.75) is 31.2 Å². The molecule has 2 rings (SSSR count). The molecule has 0 bridgehead atoms. The van der Waals surface area contributed by atoms with Crippen molar-refractivity contribution in [1.29, 1.82) is 0 Å². The summed E-state index contributed by atoms with van der Waals surface area (Å²) in [6.45, 7) is 0. The Labute approximate surface area is 69.9 Å². The monoisotopic (exact) mass is 169 g/mol. The van der Waals surface area contributed by atoms with Gasteiger partial charge in [-0.25, -0.2) is 0 Å². The Kier molecular flexibility index (Phi) is 1.40. The Morgan fingerprint density at radius 3 is 2.67 bits per heavy atom. The van der Waals surface area contributed by atoms with Crippen molar-refractivity contribution in [3.05, 3.63) is 0 Å². The maximum absolute atomic E-state index is 10.9. The van der Waals surface area contributed by atoms with E-state index in [9.17, 15) is 9.59 Å². The molecule has 0 unspecified atom stereocenters. The fraction of sp³-hybridized carbons (Fsp3) is 0.750. The zero-order chi connectivity index (χ0) is 8.77. The zero-order valence-electron chi connectivity index (χ0n) is 6.67. The van der Waals surface area contributed by atoms with Crippen LogP contribution in [0.1, 0.15) is 25.7 Å². The van der Waals surface area contributed by atoms with Crippen molar-refractivity contribution < 1.29 is 14.7 Å². The highest BCUT2D eigenvalue weighted by Crippen LogP contribution is 2.43. The fourth-order valence-electron chi connectivity index (χ4n) is 2.14. The number of nitrogens with one attached hydrogen (secondary N) is 1. The molecule has 2 N–H and O–H groups in total. The van der Waals surface area contributed by atoms with Gasteiger partial charge < -0.3 is 10.4 Å². The number of hydrogen-bond acceptors (Lipinski definition) is 2. The quantitative estimate of drug-likeness (QED) is 0.586. The summed E-state index contributed by atoms with van der Waals surface area (Å²) in [6.07, 6.45) is 2.62. The molecule has 12 heavy (non-hydrogen) atoms. The van der Waals surface area contributed by atoms with E-state index < -0.39 is 5.97 Å². The maximum Gasteiger partial charge on any atom is 0.306 e. The molecule has 4 heteroatoms. The van der Waals surface area contributed by atoms with E-state index in [1.807, 2.05) is 0 Å². The highest BCUT2D eigenvalue weighted by Gasteiger charge is 2.50. The molecule has 2 aliphatic rings. The van der Waals surface area contributed by atoms with Crippen LogP contribution in [0.5, 0.6) is 0 Å². The van der Waals surface area contributed by atoms with E-state index in [1.165, 1.54) is 0 Å². The van der Waals surface area contributed by atoms with E-state index in [2.05, 4.69) is 5.32 Å². The minimum absolute atomic E-state index is 0.0684. The minimum atomic E-state index is -0.734. The second kappa shape index (κ2) is 2.21. The van der Waals surface area contributed by atoms with Gasteiger partial charge in [0.1, 0.15) is 0 Å². The number of carboxylic acids is 1. The third kappa shape index (κ3) is 0.983. The summed E-state index contributed by atoms with van der Waals surface area (Å²) in [5.41, 5.74) is -0.139. The van der Waals surface area contributed by atoms with Crippen molar-refractivity contribution in [3.63, 3.8) is 0 Å². The highest BCUT2D eigenvalue weighted by molar-refractivity contribution is 5.81. The fourth-order valence-corrected chi connectivity index (χ4v) is 2.14. The number of carbonyl (C=O) groups excluding carboxylic acids is 1. The van der Waals surface area contributed by atoms with E-state index >= 15 is 0 Å². The number of rotatable bonds is 1. The lowest BCUT2D eigenvalue weighted by molar-refractivity contribution is -0.148. The van der Waals surface area contributed by atoms with Crippen LogP contribution >= 0.6 is 0 Å². The normalized spacial score (nSPS) is 39.3. The standard InChI is InChI=1S/C8H11NO3/c10-6-1-2-8(9-6)3-5(4-8)7(11)12/h5H,1-4H2,(H,9,10)(H,11,12). The topological polar surface area (TPSA) is 66.4 Å². The number of carboxylic acid groups (broad SMARTS) is 1. The van der Waals surface area contributed by atoms with E-state index in [0.717, 1.165) is 6.42 Å². The summed E-state index contributed by atoms with van der Waals surface area (Å²) < 4.78 is 0. The molecule has 1 heterocycles. The third-order valence-electron chi connectivity index (χ3n) is 2.86. The molecule has 1 saturated carbocycles. The van der Waals surface area contributed by atoms with Gasteiger partial charge in [0.25, 0.3) is 0 Å². The van der Waals surface area contributed by atoms with E-state index in [-0.39, 0.29) is 17.4 Å². The van der Waals surface area contributed by atoms with Crippen molar-refractivity contribution >= 4 is 11.9 Å². The molecule has 0 aromatic heterocycles. The summed E-state index contributed by atoms with van der Waals surface area (Å²) in [4.78, 5) is 21.4. The lowest BCUT2D eigenvalue weighted by atomic mass is 9.67. The van der Waals surface area contributed by atoms with Crippen LogP contribution in [0, 0.1) is 5.92 Å². The van der Waals surface area contributed by atoms with Gasteiger partial charge in [-0.3, -0.25) is 9.59 Å². The van der Waals surface area contributed by atoms with Gasteiger partial charge in [0.2, 0.25) is 5.91 Å². The lowest BCUT2D eigenvalue weighted by Crippen LogP contribution is -2.54. The van der Waals surface area contributed by atoms with Crippen LogP contribution < -0.4 is 5.32 Å². The first-order valence-corrected chi connectivity index (χ1v) is 4.15. The number of aliphatic carboxylic acids is 1. The first kappa shape index (κ1) is 7.58. The molecule has 0 atom stereocenters. The van der Waals surface area contributed by atoms with Gasteiger partial charge in [-0.15, -0.1) is 0 Å². The molecule has 1 saturated heterocycles. The van der Waals surface area contributed by atoms with E-state index in [0.29, 0.717) is 19.3 Å². The first-order valence-electron chi connectivity index (χ1n) is 4.15. The second-order valence-corrected chi connectivity index (χ2v) is 3.77. The number of hydrogen-bond donors (Lipinski definition) is 2. The lowest BCUT2D eigenvalue weighted by Gasteiger charge is -2.42. The molecule has 1 spiro atoms. The average Bonchev–Trinajstić information content (AvgIpc) is 2.27. The van der Waals surface area contributed by atoms with Crippen LogP contribution in [0.15, 0.2) is 0 Å². The molecular formula is C8H11NO3. The minimum Gasteiger partial charge on any atom is -0.481 e. The summed E-state index contributed by atoms with van der Waals surface area (Å²) in [7, 11) is 0. The van der Waals surface area contributed by atoms with Crippen LogP contribution in [-0.2, 0) is 9.59 Å². The summed E-state index contributed by atoms with van der Waals surface area (Å²) in [6, 6.07) is 0. The SMILES string of the molecule is O=C1CCC2(CC(C(=O)O)C2)N1. The molecule has 1 aliphatic heterocycles. The molecule has 2 fully saturated rings. The summed E-state index contributed by atoms with van der Waals surface area (Å²) in [5.74, 6) is -0.899. The Morgan fingerprint density at radius 2 is 2.25 bits per heavy atom. The van der Waals surface area contributed by atoms with Gasteiger partial charge >= 0.3 is 5.97 Å². The molecule has 0 aromatic carbocycles. The van der Waals surface area contributed by atoms with Crippen molar-refractivity contribution in [2.75, 3.05) is 0 Å². The van der Waals surface area contributed by atoms with Gasteiger partial charge in [0, 0.05) is 12.0 Å². The van der Waals surface area contributed by atoms with E-state index in [4.69, 9.17) is 5.11 Å². The molecule has 1 amide bonds. The second-order valence-electron chi connectivity index (χ2n) is 3.77. The van der Waals surface area contributed by atoms with Crippen LogP contribution in [0.3, 0.4) is 0 Å².